The van der Waals surface area contributed by atoms with Crippen LogP contribution in [0.1, 0.15) is 5.56 Å². The van der Waals surface area contributed by atoms with Crippen molar-refractivity contribution in [3.63, 3.8) is 0 Å². The molecular weight excluding hydrogens is 310 g/mol. The van der Waals surface area contributed by atoms with E-state index in [4.69, 9.17) is 4.74 Å². The van der Waals surface area contributed by atoms with Crippen molar-refractivity contribution in [1.29, 1.82) is 0 Å². The first-order valence-corrected chi connectivity index (χ1v) is 7.17. The molecule has 7 heteroatoms. The summed E-state index contributed by atoms with van der Waals surface area (Å²) in [5, 5.41) is 17.1. The van der Waals surface area contributed by atoms with Gasteiger partial charge in [-0.25, -0.2) is 5.43 Å². The van der Waals surface area contributed by atoms with E-state index in [2.05, 4.69) is 15.8 Å². The third kappa shape index (κ3) is 6.18. The minimum absolute atomic E-state index is 0.108. The average molecular weight is 326 g/mol. The molecule has 0 aliphatic heterocycles. The fourth-order valence-corrected chi connectivity index (χ4v) is 1.75. The van der Waals surface area contributed by atoms with Gasteiger partial charge >= 0.3 is 0 Å². The van der Waals surface area contributed by atoms with Gasteiger partial charge in [0.25, 0.3) is 5.91 Å². The first-order chi connectivity index (χ1) is 11.6. The van der Waals surface area contributed by atoms with Crippen molar-refractivity contribution >= 4 is 23.8 Å². The maximum atomic E-state index is 11.6. The Morgan fingerprint density at radius 3 is 2.46 bits per heavy atom. The largest absolute Gasteiger partial charge is 0.546 e. The molecule has 0 unspecified atom stereocenters. The second-order valence-electron chi connectivity index (χ2n) is 4.74. The fraction of sp³-hybridized carbons (Fsp3) is 0.118. The zero-order chi connectivity index (χ0) is 17.2. The predicted octanol–water partition coefficient (Wildman–Crippen LogP) is 0.377. The lowest BCUT2D eigenvalue weighted by Gasteiger charge is -2.06. The van der Waals surface area contributed by atoms with Gasteiger partial charge in [0, 0.05) is 5.69 Å². The molecule has 2 aromatic carbocycles. The molecule has 0 atom stereocenters. The van der Waals surface area contributed by atoms with E-state index < -0.39 is 12.6 Å². The third-order valence-corrected chi connectivity index (χ3v) is 2.87. The lowest BCUT2D eigenvalue weighted by Crippen LogP contribution is -2.28. The highest BCUT2D eigenvalue weighted by molar-refractivity contribution is 5.84. The van der Waals surface area contributed by atoms with Crippen LogP contribution in [0.2, 0.25) is 0 Å². The van der Waals surface area contributed by atoms with Crippen LogP contribution >= 0.6 is 0 Å². The van der Waals surface area contributed by atoms with Crippen molar-refractivity contribution in [2.24, 2.45) is 5.10 Å². The number of carboxylic acid groups (broad SMARTS) is 1. The summed E-state index contributed by atoms with van der Waals surface area (Å²) in [5.41, 5.74) is 3.99. The summed E-state index contributed by atoms with van der Waals surface area (Å²) in [4.78, 5) is 21.9. The molecule has 0 aliphatic rings. The highest BCUT2D eigenvalue weighted by Crippen LogP contribution is 2.10. The number of aliphatic carboxylic acids is 1. The van der Waals surface area contributed by atoms with Crippen LogP contribution in [0.3, 0.4) is 0 Å². The Kier molecular flexibility index (Phi) is 6.34. The number of hydrazone groups is 1. The Morgan fingerprint density at radius 1 is 1.08 bits per heavy atom. The van der Waals surface area contributed by atoms with E-state index in [0.29, 0.717) is 5.75 Å². The predicted molar refractivity (Wildman–Crippen MR) is 87.6 cm³/mol. The molecule has 0 fully saturated rings. The molecule has 24 heavy (non-hydrogen) atoms. The van der Waals surface area contributed by atoms with Crippen LogP contribution in [0, 0.1) is 0 Å². The van der Waals surface area contributed by atoms with Crippen molar-refractivity contribution in [3.8, 4) is 5.75 Å². The van der Waals surface area contributed by atoms with Crippen LogP contribution in [0.15, 0.2) is 59.7 Å². The smallest absolute Gasteiger partial charge is 0.259 e. The second kappa shape index (κ2) is 8.94. The molecule has 0 spiro atoms. The summed E-state index contributed by atoms with van der Waals surface area (Å²) in [6, 6.07) is 15.9. The lowest BCUT2D eigenvalue weighted by molar-refractivity contribution is -0.307. The van der Waals surface area contributed by atoms with Crippen molar-refractivity contribution in [2.45, 2.75) is 0 Å². The van der Waals surface area contributed by atoms with Gasteiger partial charge in [0.05, 0.1) is 18.7 Å². The maximum absolute atomic E-state index is 11.6. The van der Waals surface area contributed by atoms with Gasteiger partial charge in [-0.05, 0) is 42.0 Å². The Balaban J connectivity index is 1.74. The molecule has 2 rings (SSSR count). The van der Waals surface area contributed by atoms with Gasteiger partial charge in [0.2, 0.25) is 0 Å². The summed E-state index contributed by atoms with van der Waals surface area (Å²) in [6.45, 7) is -0.394. The van der Waals surface area contributed by atoms with Crippen molar-refractivity contribution < 1.29 is 19.4 Å². The van der Waals surface area contributed by atoms with Gasteiger partial charge in [-0.1, -0.05) is 18.2 Å². The van der Waals surface area contributed by atoms with Crippen LogP contribution in [-0.4, -0.2) is 31.2 Å². The van der Waals surface area contributed by atoms with Crippen molar-refractivity contribution in [3.05, 3.63) is 60.2 Å². The number of rotatable bonds is 8. The van der Waals surface area contributed by atoms with Gasteiger partial charge < -0.3 is 20.0 Å². The van der Waals surface area contributed by atoms with E-state index >= 15 is 0 Å². The molecule has 2 N–H and O–H groups in total. The molecule has 0 aromatic heterocycles. The molecule has 0 aliphatic carbocycles. The standard InChI is InChI=1S/C17H17N3O4/c21-16(11-18-14-4-2-1-3-5-14)20-19-10-13-6-8-15(9-7-13)24-12-17(22)23/h1-10,18H,11-12H2,(H,20,21)(H,22,23)/p-1/b19-10-. The van der Waals surface area contributed by atoms with E-state index in [1.165, 1.54) is 6.21 Å². The topological polar surface area (TPSA) is 103 Å². The molecule has 0 saturated carbocycles. The average Bonchev–Trinajstić information content (AvgIpc) is 2.60. The molecule has 0 saturated heterocycles. The minimum Gasteiger partial charge on any atom is -0.546 e. The number of ether oxygens (including phenoxy) is 1. The van der Waals surface area contributed by atoms with Gasteiger partial charge in [0.1, 0.15) is 12.4 Å². The number of carboxylic acids is 1. The molecule has 124 valence electrons. The van der Waals surface area contributed by atoms with Crippen molar-refractivity contribution in [2.75, 3.05) is 18.5 Å². The Hall–Kier alpha value is -3.35. The molecule has 1 amide bonds. The summed E-state index contributed by atoms with van der Waals surface area (Å²) in [6.07, 6.45) is 1.48. The molecule has 2 aromatic rings. The lowest BCUT2D eigenvalue weighted by atomic mass is 10.2. The summed E-state index contributed by atoms with van der Waals surface area (Å²) < 4.78 is 4.95. The van der Waals surface area contributed by atoms with Crippen LogP contribution in [0.5, 0.6) is 5.75 Å². The maximum Gasteiger partial charge on any atom is 0.259 e. The quantitative estimate of drug-likeness (QED) is 0.539. The number of benzene rings is 2. The van der Waals surface area contributed by atoms with E-state index in [0.717, 1.165) is 11.3 Å². The van der Waals surface area contributed by atoms with Gasteiger partial charge in [-0.15, -0.1) is 0 Å². The molecule has 0 heterocycles. The minimum atomic E-state index is -1.28. The van der Waals surface area contributed by atoms with E-state index in [-0.39, 0.29) is 12.5 Å². The number of hydrogen-bond acceptors (Lipinski definition) is 6. The van der Waals surface area contributed by atoms with Crippen LogP contribution in [0.4, 0.5) is 5.69 Å². The van der Waals surface area contributed by atoms with E-state index in [1.807, 2.05) is 30.3 Å². The SMILES string of the molecule is O=C([O-])COc1ccc(/C=N\NC(=O)CNc2ccccc2)cc1. The number of amides is 1. The first kappa shape index (κ1) is 17.0. The van der Waals surface area contributed by atoms with Crippen LogP contribution in [-0.2, 0) is 9.59 Å². The number of hydrogen-bond donors (Lipinski definition) is 2. The number of nitrogens with one attached hydrogen (secondary N) is 2. The number of nitrogens with zero attached hydrogens (tertiary/aromatic N) is 1. The number of carbonyl (C=O) groups excluding carboxylic acids is 2. The summed E-state index contributed by atoms with van der Waals surface area (Å²) >= 11 is 0. The second-order valence-corrected chi connectivity index (χ2v) is 4.74. The Labute approximate surface area is 139 Å². The number of anilines is 1. The van der Waals surface area contributed by atoms with Gasteiger partial charge in [-0.3, -0.25) is 4.79 Å². The molecule has 0 bridgehead atoms. The highest BCUT2D eigenvalue weighted by Gasteiger charge is 1.99. The van der Waals surface area contributed by atoms with E-state index in [9.17, 15) is 14.7 Å². The zero-order valence-electron chi connectivity index (χ0n) is 12.8. The summed E-state index contributed by atoms with van der Waals surface area (Å²) in [7, 11) is 0. The van der Waals surface area contributed by atoms with Crippen LogP contribution in [0.25, 0.3) is 0 Å². The van der Waals surface area contributed by atoms with E-state index in [1.54, 1.807) is 24.3 Å². The number of para-hydroxylation sites is 1. The van der Waals surface area contributed by atoms with Gasteiger partial charge in [-0.2, -0.15) is 5.10 Å². The zero-order valence-corrected chi connectivity index (χ0v) is 12.8. The Morgan fingerprint density at radius 2 is 1.79 bits per heavy atom. The van der Waals surface area contributed by atoms with Gasteiger partial charge in [0.15, 0.2) is 0 Å². The number of carbonyl (C=O) groups is 2. The van der Waals surface area contributed by atoms with Crippen molar-refractivity contribution in [1.82, 2.24) is 5.43 Å². The monoisotopic (exact) mass is 326 g/mol. The fourth-order valence-electron chi connectivity index (χ4n) is 1.75. The third-order valence-electron chi connectivity index (χ3n) is 2.87. The Bertz CT molecular complexity index is 700. The van der Waals surface area contributed by atoms with Crippen LogP contribution < -0.4 is 20.6 Å². The molecular formula is C17H16N3O4-. The molecule has 0 radical (unpaired) electrons. The normalized spacial score (nSPS) is 10.3. The summed E-state index contributed by atoms with van der Waals surface area (Å²) in [5.74, 6) is -1.15. The first-order valence-electron chi connectivity index (χ1n) is 7.17. The molecule has 7 nitrogen and oxygen atoms in total. The highest BCUT2D eigenvalue weighted by atomic mass is 16.5.